The molecule has 1 aromatic carbocycles. The van der Waals surface area contributed by atoms with Gasteiger partial charge in [0, 0.05) is 12.5 Å². The highest BCUT2D eigenvalue weighted by atomic mass is 35.5. The summed E-state index contributed by atoms with van der Waals surface area (Å²) in [7, 11) is -1.43. The molecule has 1 aromatic rings. The van der Waals surface area contributed by atoms with E-state index in [1.54, 1.807) is 0 Å². The average molecular weight is 398 g/mol. The van der Waals surface area contributed by atoms with Crippen LogP contribution in [0, 0.1) is 0 Å². The third kappa shape index (κ3) is 3.81. The molecule has 0 amide bonds. The highest BCUT2D eigenvalue weighted by molar-refractivity contribution is 7.91. The van der Waals surface area contributed by atoms with Crippen LogP contribution in [-0.2, 0) is 28.9 Å². The van der Waals surface area contributed by atoms with E-state index in [1.807, 2.05) is 0 Å². The summed E-state index contributed by atoms with van der Waals surface area (Å²) in [5.41, 5.74) is -0.193. The van der Waals surface area contributed by atoms with Crippen molar-refractivity contribution in [3.63, 3.8) is 0 Å². The van der Waals surface area contributed by atoms with Crippen LogP contribution in [0.4, 0.5) is 5.69 Å². The second-order valence-electron chi connectivity index (χ2n) is 5.18. The quantitative estimate of drug-likeness (QED) is 0.719. The molecular formula is C17H16ClNO6S. The van der Waals surface area contributed by atoms with Gasteiger partial charge in [0.1, 0.15) is 10.6 Å². The summed E-state index contributed by atoms with van der Waals surface area (Å²) in [6.45, 7) is 0. The molecule has 0 spiro atoms. The van der Waals surface area contributed by atoms with Crippen molar-refractivity contribution in [1.82, 2.24) is 0 Å². The van der Waals surface area contributed by atoms with Gasteiger partial charge in [-0.05, 0) is 24.3 Å². The Labute approximate surface area is 156 Å². The van der Waals surface area contributed by atoms with Gasteiger partial charge in [-0.15, -0.1) is 0 Å². The van der Waals surface area contributed by atoms with E-state index in [9.17, 15) is 18.0 Å². The van der Waals surface area contributed by atoms with Gasteiger partial charge in [-0.1, -0.05) is 23.7 Å². The number of nitrogens with zero attached hydrogens (tertiary/aromatic N) is 1. The molecule has 0 atom stereocenters. The maximum Gasteiger partial charge on any atom is 0.355 e. The van der Waals surface area contributed by atoms with Crippen LogP contribution in [0.1, 0.15) is 0 Å². The smallest absolute Gasteiger partial charge is 0.355 e. The summed E-state index contributed by atoms with van der Waals surface area (Å²) < 4.78 is 34.0. The van der Waals surface area contributed by atoms with Gasteiger partial charge in [-0.3, -0.25) is 0 Å². The number of sulfone groups is 1. The van der Waals surface area contributed by atoms with Crippen molar-refractivity contribution in [2.75, 3.05) is 25.4 Å². The molecule has 0 N–H and O–H groups in total. The normalized spacial score (nSPS) is 14.2. The Bertz CT molecular complexity index is 946. The van der Waals surface area contributed by atoms with Gasteiger partial charge in [0.25, 0.3) is 0 Å². The van der Waals surface area contributed by atoms with E-state index in [2.05, 4.69) is 0 Å². The first-order chi connectivity index (χ1) is 12.2. The Hall–Kier alpha value is -2.58. The van der Waals surface area contributed by atoms with E-state index in [0.717, 1.165) is 13.4 Å². The van der Waals surface area contributed by atoms with E-state index in [1.165, 1.54) is 54.6 Å². The first-order valence-electron chi connectivity index (χ1n) is 7.26. The summed E-state index contributed by atoms with van der Waals surface area (Å²) in [5, 5.41) is -0.0144. The van der Waals surface area contributed by atoms with Crippen LogP contribution in [0.3, 0.4) is 0 Å². The maximum absolute atomic E-state index is 12.4. The lowest BCUT2D eigenvalue weighted by atomic mass is 10.1. The molecule has 9 heteroatoms. The summed E-state index contributed by atoms with van der Waals surface area (Å²) in [6.07, 6.45) is 6.85. The molecule has 0 aromatic heterocycles. The Morgan fingerprint density at radius 3 is 2.31 bits per heavy atom. The standard InChI is InChI=1S/C17H16ClNO6S/c1-24-16(20)11-7-4-5-10-19(14(11)17(21)25-2)13-9-6-8-12(18)15(13)26(3,22)23/h4-10H,1-3H3. The second kappa shape index (κ2) is 7.76. The van der Waals surface area contributed by atoms with E-state index in [-0.39, 0.29) is 26.9 Å². The number of anilines is 1. The first kappa shape index (κ1) is 19.7. The van der Waals surface area contributed by atoms with Crippen LogP contribution >= 0.6 is 11.6 Å². The number of carbonyl (C=O) groups is 2. The van der Waals surface area contributed by atoms with Gasteiger partial charge in [-0.2, -0.15) is 0 Å². The second-order valence-corrected chi connectivity index (χ2v) is 7.54. The van der Waals surface area contributed by atoms with Crippen LogP contribution in [0.5, 0.6) is 0 Å². The zero-order valence-corrected chi connectivity index (χ0v) is 15.8. The zero-order valence-electron chi connectivity index (χ0n) is 14.2. The predicted molar refractivity (Wildman–Crippen MR) is 96.4 cm³/mol. The zero-order chi connectivity index (χ0) is 19.5. The van der Waals surface area contributed by atoms with Gasteiger partial charge in [0.05, 0.1) is 30.5 Å². The number of carbonyl (C=O) groups excluding carboxylic acids is 2. The van der Waals surface area contributed by atoms with E-state index >= 15 is 0 Å². The lowest BCUT2D eigenvalue weighted by Gasteiger charge is -2.25. The molecule has 2 rings (SSSR count). The number of halogens is 1. The molecule has 0 bridgehead atoms. The average Bonchev–Trinajstić information content (AvgIpc) is 2.81. The number of methoxy groups -OCH3 is 2. The largest absolute Gasteiger partial charge is 0.465 e. The van der Waals surface area contributed by atoms with Crippen molar-refractivity contribution in [3.05, 3.63) is 58.9 Å². The number of ether oxygens (including phenoxy) is 2. The van der Waals surface area contributed by atoms with Gasteiger partial charge in [0.2, 0.25) is 0 Å². The molecule has 26 heavy (non-hydrogen) atoms. The van der Waals surface area contributed by atoms with Crippen LogP contribution in [0.15, 0.2) is 58.8 Å². The lowest BCUT2D eigenvalue weighted by molar-refractivity contribution is -0.139. The Kier molecular flexibility index (Phi) is 5.89. The number of hydrogen-bond acceptors (Lipinski definition) is 7. The molecule has 0 saturated heterocycles. The van der Waals surface area contributed by atoms with Crippen molar-refractivity contribution < 1.29 is 27.5 Å². The van der Waals surface area contributed by atoms with E-state index in [4.69, 9.17) is 21.1 Å². The summed E-state index contributed by atoms with van der Waals surface area (Å²) >= 11 is 6.09. The molecule has 7 nitrogen and oxygen atoms in total. The van der Waals surface area contributed by atoms with E-state index < -0.39 is 21.8 Å². The molecule has 0 fully saturated rings. The highest BCUT2D eigenvalue weighted by Crippen LogP contribution is 2.35. The van der Waals surface area contributed by atoms with Crippen LogP contribution in [-0.4, -0.2) is 40.8 Å². The molecule has 0 saturated carbocycles. The van der Waals surface area contributed by atoms with Gasteiger partial charge in [0.15, 0.2) is 9.84 Å². The molecule has 0 radical (unpaired) electrons. The van der Waals surface area contributed by atoms with Gasteiger partial charge < -0.3 is 14.4 Å². The minimum Gasteiger partial charge on any atom is -0.465 e. The topological polar surface area (TPSA) is 90.0 Å². The number of rotatable bonds is 4. The van der Waals surface area contributed by atoms with Gasteiger partial charge in [-0.25, -0.2) is 18.0 Å². The molecule has 1 heterocycles. The van der Waals surface area contributed by atoms with Crippen LogP contribution in [0.25, 0.3) is 0 Å². The fourth-order valence-electron chi connectivity index (χ4n) is 2.41. The third-order valence-electron chi connectivity index (χ3n) is 3.47. The van der Waals surface area contributed by atoms with Crippen molar-refractivity contribution in [1.29, 1.82) is 0 Å². The molecule has 1 aliphatic rings. The van der Waals surface area contributed by atoms with E-state index in [0.29, 0.717) is 0 Å². The minimum absolute atomic E-state index is 0.0144. The predicted octanol–water partition coefficient (Wildman–Crippen LogP) is 2.23. The molecule has 0 unspecified atom stereocenters. The van der Waals surface area contributed by atoms with Crippen LogP contribution in [0.2, 0.25) is 5.02 Å². The Morgan fingerprint density at radius 2 is 1.73 bits per heavy atom. The molecular weight excluding hydrogens is 382 g/mol. The van der Waals surface area contributed by atoms with Crippen molar-refractivity contribution in [2.24, 2.45) is 0 Å². The lowest BCUT2D eigenvalue weighted by Crippen LogP contribution is -2.28. The summed E-state index contributed by atoms with van der Waals surface area (Å²) in [6, 6.07) is 4.42. The van der Waals surface area contributed by atoms with Crippen molar-refractivity contribution in [2.45, 2.75) is 4.90 Å². The third-order valence-corrected chi connectivity index (χ3v) is 5.06. The van der Waals surface area contributed by atoms with Crippen molar-refractivity contribution in [3.8, 4) is 0 Å². The Balaban J connectivity index is 2.85. The number of allylic oxidation sites excluding steroid dienone is 2. The van der Waals surface area contributed by atoms with Gasteiger partial charge >= 0.3 is 11.9 Å². The molecule has 0 aliphatic carbocycles. The molecule has 138 valence electrons. The fourth-order valence-corrected chi connectivity index (χ4v) is 3.96. The first-order valence-corrected chi connectivity index (χ1v) is 9.53. The summed E-state index contributed by atoms with van der Waals surface area (Å²) in [5.74, 6) is -1.63. The fraction of sp³-hybridized carbons (Fsp3) is 0.176. The number of esters is 2. The number of benzene rings is 1. The maximum atomic E-state index is 12.4. The minimum atomic E-state index is -3.74. The summed E-state index contributed by atoms with van der Waals surface area (Å²) in [4.78, 5) is 25.6. The highest BCUT2D eigenvalue weighted by Gasteiger charge is 2.30. The SMILES string of the molecule is COC(=O)C1=C(C(=O)OC)N(c2cccc(Cl)c2S(C)(=O)=O)C=CC=C1. The molecule has 1 aliphatic heterocycles. The monoisotopic (exact) mass is 397 g/mol. The van der Waals surface area contributed by atoms with Crippen LogP contribution < -0.4 is 4.90 Å². The Morgan fingerprint density at radius 1 is 1.08 bits per heavy atom. The van der Waals surface area contributed by atoms with Crippen molar-refractivity contribution >= 4 is 39.1 Å². The number of hydrogen-bond donors (Lipinski definition) is 0.